The molecule has 5 heteroatoms. The average molecular weight is 383 g/mol. The Bertz CT molecular complexity index is 753. The quantitative estimate of drug-likeness (QED) is 0.717. The molecule has 1 saturated heterocycles. The number of benzene rings is 2. The summed E-state index contributed by atoms with van der Waals surface area (Å²) >= 11 is 0. The number of carbonyl (C=O) groups is 1. The van der Waals surface area contributed by atoms with E-state index in [9.17, 15) is 4.79 Å². The van der Waals surface area contributed by atoms with E-state index in [0.29, 0.717) is 6.54 Å². The lowest BCUT2D eigenvalue weighted by Gasteiger charge is -2.17. The maximum absolute atomic E-state index is 12.2. The SMILES string of the molecule is CC(C)Oc1ccc(CNCc2ccccc2OCC(=O)N2CCCC2)cc1. The molecule has 1 aliphatic rings. The van der Waals surface area contributed by atoms with E-state index in [1.165, 1.54) is 5.56 Å². The van der Waals surface area contributed by atoms with Crippen molar-refractivity contribution < 1.29 is 14.3 Å². The lowest BCUT2D eigenvalue weighted by Crippen LogP contribution is -2.32. The summed E-state index contributed by atoms with van der Waals surface area (Å²) in [5.74, 6) is 1.73. The number of likely N-dealkylation sites (tertiary alicyclic amines) is 1. The van der Waals surface area contributed by atoms with Crippen LogP contribution in [-0.4, -0.2) is 36.6 Å². The summed E-state index contributed by atoms with van der Waals surface area (Å²) in [5, 5.41) is 3.45. The fraction of sp³-hybridized carbons (Fsp3) is 0.435. The molecule has 0 bridgehead atoms. The molecule has 0 aromatic heterocycles. The molecule has 2 aromatic carbocycles. The molecular formula is C23H30N2O3. The smallest absolute Gasteiger partial charge is 0.260 e. The summed E-state index contributed by atoms with van der Waals surface area (Å²) < 4.78 is 11.5. The number of hydrogen-bond donors (Lipinski definition) is 1. The Labute approximate surface area is 167 Å². The largest absolute Gasteiger partial charge is 0.491 e. The molecule has 3 rings (SSSR count). The summed E-state index contributed by atoms with van der Waals surface area (Å²) in [4.78, 5) is 14.1. The third-order valence-corrected chi connectivity index (χ3v) is 4.72. The molecular weight excluding hydrogens is 352 g/mol. The summed E-state index contributed by atoms with van der Waals surface area (Å²) in [7, 11) is 0. The van der Waals surface area contributed by atoms with E-state index in [1.807, 2.05) is 55.1 Å². The third-order valence-electron chi connectivity index (χ3n) is 4.72. The van der Waals surface area contributed by atoms with Gasteiger partial charge in [-0.1, -0.05) is 30.3 Å². The molecule has 1 heterocycles. The Kier molecular flexibility index (Phi) is 7.31. The minimum Gasteiger partial charge on any atom is -0.491 e. The van der Waals surface area contributed by atoms with Crippen molar-refractivity contribution in [2.24, 2.45) is 0 Å². The standard InChI is InChI=1S/C23H30N2O3/c1-18(2)28-21-11-9-19(10-12-21)15-24-16-20-7-3-4-8-22(20)27-17-23(26)25-13-5-6-14-25/h3-4,7-12,18,24H,5-6,13-17H2,1-2H3. The van der Waals surface area contributed by atoms with Crippen LogP contribution in [0.25, 0.3) is 0 Å². The van der Waals surface area contributed by atoms with Gasteiger partial charge in [-0.3, -0.25) is 4.79 Å². The van der Waals surface area contributed by atoms with E-state index in [-0.39, 0.29) is 18.6 Å². The Hall–Kier alpha value is -2.53. The number of nitrogens with one attached hydrogen (secondary N) is 1. The normalized spacial score (nSPS) is 13.8. The fourth-order valence-electron chi connectivity index (χ4n) is 3.29. The number of nitrogens with zero attached hydrogens (tertiary/aromatic N) is 1. The highest BCUT2D eigenvalue weighted by atomic mass is 16.5. The molecule has 2 aromatic rings. The van der Waals surface area contributed by atoms with Crippen molar-refractivity contribution in [2.75, 3.05) is 19.7 Å². The second-order valence-corrected chi connectivity index (χ2v) is 7.40. The zero-order valence-corrected chi connectivity index (χ0v) is 16.8. The number of carbonyl (C=O) groups excluding carboxylic acids is 1. The zero-order valence-electron chi connectivity index (χ0n) is 16.8. The van der Waals surface area contributed by atoms with Gasteiger partial charge >= 0.3 is 0 Å². The van der Waals surface area contributed by atoms with Crippen molar-refractivity contribution in [3.63, 3.8) is 0 Å². The highest BCUT2D eigenvalue weighted by Gasteiger charge is 2.18. The number of hydrogen-bond acceptors (Lipinski definition) is 4. The van der Waals surface area contributed by atoms with Gasteiger partial charge in [-0.25, -0.2) is 0 Å². The first kappa shape index (κ1) is 20.2. The van der Waals surface area contributed by atoms with Crippen LogP contribution in [0.4, 0.5) is 0 Å². The van der Waals surface area contributed by atoms with Crippen LogP contribution in [-0.2, 0) is 17.9 Å². The number of para-hydroxylation sites is 1. The van der Waals surface area contributed by atoms with Gasteiger partial charge in [0.2, 0.25) is 0 Å². The van der Waals surface area contributed by atoms with Gasteiger partial charge in [-0.05, 0) is 50.5 Å². The van der Waals surface area contributed by atoms with Crippen LogP contribution in [0, 0.1) is 0 Å². The lowest BCUT2D eigenvalue weighted by atomic mass is 10.2. The molecule has 150 valence electrons. The molecule has 28 heavy (non-hydrogen) atoms. The van der Waals surface area contributed by atoms with Gasteiger partial charge in [-0.15, -0.1) is 0 Å². The minimum atomic E-state index is 0.0731. The first-order valence-corrected chi connectivity index (χ1v) is 10.1. The van der Waals surface area contributed by atoms with E-state index in [1.54, 1.807) is 0 Å². The van der Waals surface area contributed by atoms with Crippen LogP contribution >= 0.6 is 0 Å². The summed E-state index contributed by atoms with van der Waals surface area (Å²) in [6.07, 6.45) is 2.37. The van der Waals surface area contributed by atoms with Gasteiger partial charge < -0.3 is 19.7 Å². The topological polar surface area (TPSA) is 50.8 Å². The van der Waals surface area contributed by atoms with Gasteiger partial charge in [0.05, 0.1) is 6.10 Å². The zero-order chi connectivity index (χ0) is 19.8. The number of ether oxygens (including phenoxy) is 2. The molecule has 1 amide bonds. The summed E-state index contributed by atoms with van der Waals surface area (Å²) in [6, 6.07) is 16.0. The van der Waals surface area contributed by atoms with Crippen molar-refractivity contribution in [2.45, 2.75) is 45.9 Å². The Morgan fingerprint density at radius 1 is 1.04 bits per heavy atom. The van der Waals surface area contributed by atoms with Crippen molar-refractivity contribution >= 4 is 5.91 Å². The van der Waals surface area contributed by atoms with Crippen LogP contribution in [0.1, 0.15) is 37.8 Å². The molecule has 0 saturated carbocycles. The van der Waals surface area contributed by atoms with Gasteiger partial charge in [0.15, 0.2) is 6.61 Å². The number of rotatable bonds is 9. The van der Waals surface area contributed by atoms with Crippen molar-refractivity contribution in [1.82, 2.24) is 10.2 Å². The molecule has 0 aliphatic carbocycles. The maximum Gasteiger partial charge on any atom is 0.260 e. The highest BCUT2D eigenvalue weighted by Crippen LogP contribution is 2.19. The molecule has 0 atom stereocenters. The van der Waals surface area contributed by atoms with E-state index < -0.39 is 0 Å². The Morgan fingerprint density at radius 3 is 2.46 bits per heavy atom. The van der Waals surface area contributed by atoms with Gasteiger partial charge in [0.25, 0.3) is 5.91 Å². The fourth-order valence-corrected chi connectivity index (χ4v) is 3.29. The molecule has 0 radical (unpaired) electrons. The summed E-state index contributed by atoms with van der Waals surface area (Å²) in [5.41, 5.74) is 2.25. The van der Waals surface area contributed by atoms with E-state index >= 15 is 0 Å². The van der Waals surface area contributed by atoms with Crippen LogP contribution in [0.15, 0.2) is 48.5 Å². The second-order valence-electron chi connectivity index (χ2n) is 7.40. The third kappa shape index (κ3) is 5.99. The van der Waals surface area contributed by atoms with Crippen molar-refractivity contribution in [3.8, 4) is 11.5 Å². The van der Waals surface area contributed by atoms with E-state index in [0.717, 1.165) is 49.5 Å². The molecule has 1 N–H and O–H groups in total. The highest BCUT2D eigenvalue weighted by molar-refractivity contribution is 5.78. The van der Waals surface area contributed by atoms with Crippen LogP contribution in [0.3, 0.4) is 0 Å². The summed E-state index contributed by atoms with van der Waals surface area (Å²) in [6.45, 7) is 7.29. The Morgan fingerprint density at radius 2 is 1.75 bits per heavy atom. The molecule has 5 nitrogen and oxygen atoms in total. The van der Waals surface area contributed by atoms with Crippen LogP contribution in [0.5, 0.6) is 11.5 Å². The van der Waals surface area contributed by atoms with Gasteiger partial charge in [-0.2, -0.15) is 0 Å². The Balaban J connectivity index is 1.48. The first-order valence-electron chi connectivity index (χ1n) is 10.1. The predicted octanol–water partition coefficient (Wildman–Crippen LogP) is 3.76. The van der Waals surface area contributed by atoms with E-state index in [2.05, 4.69) is 17.4 Å². The molecule has 0 spiro atoms. The first-order chi connectivity index (χ1) is 13.6. The lowest BCUT2D eigenvalue weighted by molar-refractivity contribution is -0.132. The second kappa shape index (κ2) is 10.1. The van der Waals surface area contributed by atoms with E-state index in [4.69, 9.17) is 9.47 Å². The average Bonchev–Trinajstić information content (AvgIpc) is 3.23. The molecule has 0 unspecified atom stereocenters. The predicted molar refractivity (Wildman–Crippen MR) is 111 cm³/mol. The van der Waals surface area contributed by atoms with Gasteiger partial charge in [0.1, 0.15) is 11.5 Å². The molecule has 1 fully saturated rings. The van der Waals surface area contributed by atoms with Crippen molar-refractivity contribution in [3.05, 3.63) is 59.7 Å². The van der Waals surface area contributed by atoms with Crippen LogP contribution < -0.4 is 14.8 Å². The minimum absolute atomic E-state index is 0.0731. The number of amides is 1. The maximum atomic E-state index is 12.2. The van der Waals surface area contributed by atoms with Crippen LogP contribution in [0.2, 0.25) is 0 Å². The molecule has 1 aliphatic heterocycles. The monoisotopic (exact) mass is 382 g/mol. The van der Waals surface area contributed by atoms with Gasteiger partial charge in [0, 0.05) is 31.7 Å². The van der Waals surface area contributed by atoms with Crippen molar-refractivity contribution in [1.29, 1.82) is 0 Å².